The fourth-order valence-corrected chi connectivity index (χ4v) is 2.17. The molecule has 130 valence electrons. The first-order chi connectivity index (χ1) is 10.3. The molecule has 0 aliphatic heterocycles. The SMILES string of the molecule is CC(C)(C)OC(=O)CCCCCCC(=O)[C@@H](N)CCCCN. The average molecular weight is 314 g/mol. The van der Waals surface area contributed by atoms with Crippen LogP contribution in [0.15, 0.2) is 0 Å². The van der Waals surface area contributed by atoms with E-state index < -0.39 is 5.60 Å². The molecule has 1 atom stereocenters. The monoisotopic (exact) mass is 314 g/mol. The molecule has 0 spiro atoms. The van der Waals surface area contributed by atoms with Gasteiger partial charge in [0.25, 0.3) is 0 Å². The van der Waals surface area contributed by atoms with Gasteiger partial charge in [-0.25, -0.2) is 0 Å². The van der Waals surface area contributed by atoms with Crippen molar-refractivity contribution >= 4 is 11.8 Å². The molecule has 0 rings (SSSR count). The van der Waals surface area contributed by atoms with Gasteiger partial charge in [0.1, 0.15) is 11.4 Å². The van der Waals surface area contributed by atoms with E-state index in [1.165, 1.54) is 0 Å². The maximum atomic E-state index is 11.8. The van der Waals surface area contributed by atoms with Crippen molar-refractivity contribution in [1.29, 1.82) is 0 Å². The van der Waals surface area contributed by atoms with E-state index in [1.807, 2.05) is 20.8 Å². The topological polar surface area (TPSA) is 95.4 Å². The van der Waals surface area contributed by atoms with Gasteiger partial charge in [0.15, 0.2) is 0 Å². The van der Waals surface area contributed by atoms with Crippen LogP contribution in [-0.2, 0) is 14.3 Å². The summed E-state index contributed by atoms with van der Waals surface area (Å²) in [5.74, 6) is -0.00494. The van der Waals surface area contributed by atoms with Crippen LogP contribution in [0.2, 0.25) is 0 Å². The van der Waals surface area contributed by atoms with E-state index in [2.05, 4.69) is 0 Å². The van der Waals surface area contributed by atoms with Gasteiger partial charge < -0.3 is 16.2 Å². The third kappa shape index (κ3) is 12.8. The summed E-state index contributed by atoms with van der Waals surface area (Å²) in [5.41, 5.74) is 10.8. The van der Waals surface area contributed by atoms with Gasteiger partial charge in [0.2, 0.25) is 0 Å². The van der Waals surface area contributed by atoms with Crippen molar-refractivity contribution < 1.29 is 14.3 Å². The minimum absolute atomic E-state index is 0.143. The van der Waals surface area contributed by atoms with Gasteiger partial charge in [-0.3, -0.25) is 9.59 Å². The lowest BCUT2D eigenvalue weighted by Crippen LogP contribution is -2.30. The molecule has 0 aliphatic carbocycles. The summed E-state index contributed by atoms with van der Waals surface area (Å²) in [4.78, 5) is 23.3. The Morgan fingerprint density at radius 3 is 2.09 bits per heavy atom. The van der Waals surface area contributed by atoms with Crippen LogP contribution in [0.3, 0.4) is 0 Å². The molecule has 0 heterocycles. The molecule has 0 saturated heterocycles. The lowest BCUT2D eigenvalue weighted by molar-refractivity contribution is -0.154. The van der Waals surface area contributed by atoms with Crippen molar-refractivity contribution in [3.8, 4) is 0 Å². The number of unbranched alkanes of at least 4 members (excludes halogenated alkanes) is 4. The van der Waals surface area contributed by atoms with Crippen LogP contribution in [0.5, 0.6) is 0 Å². The lowest BCUT2D eigenvalue weighted by Gasteiger charge is -2.19. The molecule has 22 heavy (non-hydrogen) atoms. The van der Waals surface area contributed by atoms with E-state index >= 15 is 0 Å². The fourth-order valence-electron chi connectivity index (χ4n) is 2.17. The second-order valence-corrected chi connectivity index (χ2v) is 6.86. The van der Waals surface area contributed by atoms with Crippen LogP contribution < -0.4 is 11.5 Å². The zero-order chi connectivity index (χ0) is 17.0. The average Bonchev–Trinajstić information content (AvgIpc) is 2.40. The molecule has 5 nitrogen and oxygen atoms in total. The van der Waals surface area contributed by atoms with Crippen LogP contribution >= 0.6 is 0 Å². The van der Waals surface area contributed by atoms with Crippen molar-refractivity contribution in [3.05, 3.63) is 0 Å². The van der Waals surface area contributed by atoms with Gasteiger partial charge in [0.05, 0.1) is 6.04 Å². The van der Waals surface area contributed by atoms with Crippen LogP contribution in [0.1, 0.15) is 78.6 Å². The molecule has 0 aromatic heterocycles. The summed E-state index contributed by atoms with van der Waals surface area (Å²) in [7, 11) is 0. The number of rotatable bonds is 12. The van der Waals surface area contributed by atoms with Crippen molar-refractivity contribution in [2.24, 2.45) is 11.5 Å². The van der Waals surface area contributed by atoms with Crippen molar-refractivity contribution in [2.45, 2.75) is 90.2 Å². The smallest absolute Gasteiger partial charge is 0.306 e. The molecular formula is C17H34N2O3. The number of Topliss-reactive ketones (excluding diaryl/α,β-unsaturated/α-hetero) is 1. The van der Waals surface area contributed by atoms with E-state index in [0.717, 1.165) is 44.9 Å². The van der Waals surface area contributed by atoms with E-state index in [0.29, 0.717) is 19.4 Å². The minimum atomic E-state index is -0.413. The molecule has 0 aliphatic rings. The largest absolute Gasteiger partial charge is 0.460 e. The zero-order valence-corrected chi connectivity index (χ0v) is 14.5. The predicted molar refractivity (Wildman–Crippen MR) is 89.4 cm³/mol. The number of hydrogen-bond acceptors (Lipinski definition) is 5. The summed E-state index contributed by atoms with van der Waals surface area (Å²) in [6.45, 7) is 6.26. The first-order valence-electron chi connectivity index (χ1n) is 8.46. The Morgan fingerprint density at radius 2 is 1.55 bits per heavy atom. The molecule has 0 unspecified atom stereocenters. The summed E-state index contributed by atoms with van der Waals surface area (Å²) in [5, 5.41) is 0. The number of hydrogen-bond donors (Lipinski definition) is 2. The van der Waals surface area contributed by atoms with E-state index in [1.54, 1.807) is 0 Å². The van der Waals surface area contributed by atoms with Crippen LogP contribution in [-0.4, -0.2) is 29.9 Å². The summed E-state index contributed by atoms with van der Waals surface area (Å²) >= 11 is 0. The number of carbonyl (C=O) groups is 2. The van der Waals surface area contributed by atoms with Gasteiger partial charge in [-0.15, -0.1) is 0 Å². The molecule has 5 heteroatoms. The zero-order valence-electron chi connectivity index (χ0n) is 14.5. The Morgan fingerprint density at radius 1 is 0.955 bits per heavy atom. The normalized spacial score (nSPS) is 13.0. The highest BCUT2D eigenvalue weighted by molar-refractivity contribution is 5.83. The molecular weight excluding hydrogens is 280 g/mol. The number of ketones is 1. The van der Waals surface area contributed by atoms with Crippen LogP contribution in [0, 0.1) is 0 Å². The molecule has 0 aromatic carbocycles. The number of nitrogens with two attached hydrogens (primary N) is 2. The van der Waals surface area contributed by atoms with Crippen LogP contribution in [0.4, 0.5) is 0 Å². The summed E-state index contributed by atoms with van der Waals surface area (Å²) < 4.78 is 5.24. The Kier molecular flexibility index (Phi) is 11.1. The van der Waals surface area contributed by atoms with Crippen molar-refractivity contribution in [3.63, 3.8) is 0 Å². The number of ether oxygens (including phenoxy) is 1. The molecule has 0 amide bonds. The second kappa shape index (κ2) is 11.6. The number of carbonyl (C=O) groups excluding carboxylic acids is 2. The Bertz CT molecular complexity index is 324. The lowest BCUT2D eigenvalue weighted by atomic mass is 10.0. The maximum Gasteiger partial charge on any atom is 0.306 e. The van der Waals surface area contributed by atoms with E-state index in [4.69, 9.17) is 16.2 Å². The number of esters is 1. The second-order valence-electron chi connectivity index (χ2n) is 6.86. The van der Waals surface area contributed by atoms with Gasteiger partial charge >= 0.3 is 5.97 Å². The third-order valence-electron chi connectivity index (χ3n) is 3.36. The first kappa shape index (κ1) is 21.1. The van der Waals surface area contributed by atoms with Gasteiger partial charge in [-0.05, 0) is 53.0 Å². The van der Waals surface area contributed by atoms with E-state index in [-0.39, 0.29) is 17.8 Å². The summed E-state index contributed by atoms with van der Waals surface area (Å²) in [6, 6.07) is -0.340. The van der Waals surface area contributed by atoms with Gasteiger partial charge in [0, 0.05) is 12.8 Å². The van der Waals surface area contributed by atoms with E-state index in [9.17, 15) is 9.59 Å². The molecule has 0 saturated carbocycles. The predicted octanol–water partition coefficient (Wildman–Crippen LogP) is 2.69. The minimum Gasteiger partial charge on any atom is -0.460 e. The highest BCUT2D eigenvalue weighted by atomic mass is 16.6. The van der Waals surface area contributed by atoms with Gasteiger partial charge in [-0.2, -0.15) is 0 Å². The standard InChI is InChI=1S/C17H34N2O3/c1-17(2,3)22-16(21)12-7-5-4-6-11-15(20)14(19)10-8-9-13-18/h14H,4-13,18-19H2,1-3H3/t14-/m0/s1. The summed E-state index contributed by atoms with van der Waals surface area (Å²) in [6.07, 6.45) is 7.10. The molecule has 4 N–H and O–H groups in total. The van der Waals surface area contributed by atoms with Crippen molar-refractivity contribution in [1.82, 2.24) is 0 Å². The third-order valence-corrected chi connectivity index (χ3v) is 3.36. The highest BCUT2D eigenvalue weighted by Gasteiger charge is 2.15. The molecule has 0 bridgehead atoms. The molecule has 0 aromatic rings. The first-order valence-corrected chi connectivity index (χ1v) is 8.46. The Hall–Kier alpha value is -0.940. The van der Waals surface area contributed by atoms with Crippen molar-refractivity contribution in [2.75, 3.05) is 6.54 Å². The highest BCUT2D eigenvalue weighted by Crippen LogP contribution is 2.12. The molecule has 0 fully saturated rings. The maximum absolute atomic E-state index is 11.8. The van der Waals surface area contributed by atoms with Crippen LogP contribution in [0.25, 0.3) is 0 Å². The molecule has 0 radical (unpaired) electrons. The quantitative estimate of drug-likeness (QED) is 0.426. The fraction of sp³-hybridized carbons (Fsp3) is 0.882. The Labute approximate surface area is 135 Å². The van der Waals surface area contributed by atoms with Gasteiger partial charge in [-0.1, -0.05) is 19.3 Å². The Balaban J connectivity index is 3.56.